The van der Waals surface area contributed by atoms with Crippen LogP contribution in [0.25, 0.3) is 11.1 Å². The quantitative estimate of drug-likeness (QED) is 0.101. The summed E-state index contributed by atoms with van der Waals surface area (Å²) in [5.74, 6) is 1.83. The van der Waals surface area contributed by atoms with Crippen LogP contribution in [0.3, 0.4) is 0 Å². The Bertz CT molecular complexity index is 2590. The Morgan fingerprint density at radius 2 is 0.973 bits per heavy atom. The van der Waals surface area contributed by atoms with Gasteiger partial charge in [-0.1, -0.05) is 43.6 Å². The van der Waals surface area contributed by atoms with Gasteiger partial charge in [0.1, 0.15) is 29.9 Å². The monoisotopic (exact) mass is 1160 g/mol. The number of pyridine rings is 3. The average Bonchev–Trinajstić information content (AvgIpc) is 3.59. The summed E-state index contributed by atoms with van der Waals surface area (Å²) in [6.45, 7) is 22.6. The topological polar surface area (TPSA) is 147 Å². The molecular formula is C57H79BBr2F2N8O5. The van der Waals surface area contributed by atoms with Crippen LogP contribution in [-0.4, -0.2) is 127 Å². The van der Waals surface area contributed by atoms with Crippen LogP contribution in [0.15, 0.2) is 88.2 Å². The standard InChI is InChI=1S/C20H26FN3O.C17H27BN2O3.C11H15BrN2O.C9H11BrFN/c1-13(2)17-11-15(21)12-18(20(17)22)14-4-7-23-19(10-14)25-16-5-8-24(3)9-6-16;1-16(2)17(3,4)23-18(22-16)13-6-9-19-15(12-13)21-14-7-10-20(5)11-8-14;1-14-6-3-10(4-7-14)15-11-8-9(12)2-5-13-11;1-5(2)7-3-6(11)4-8(10)9(7)12/h4,7,10-13,16H,5-6,8-9,22H2,1-3H3;6,9,12,14H,7-8,10-11H2,1-5H3;2,5,8,10H,3-4,6-7H2,1H3;3-5H,12H2,1-2H3. The van der Waals surface area contributed by atoms with Gasteiger partial charge in [0.25, 0.3) is 0 Å². The molecule has 5 aromatic rings. The predicted octanol–water partition coefficient (Wildman–Crippen LogP) is 11.5. The largest absolute Gasteiger partial charge is 0.495 e. The van der Waals surface area contributed by atoms with Gasteiger partial charge in [0.2, 0.25) is 17.6 Å². The van der Waals surface area contributed by atoms with Crippen molar-refractivity contribution in [1.82, 2.24) is 29.7 Å². The number of nitrogens with zero attached hydrogens (tertiary/aromatic N) is 6. The number of halogens is 4. The molecule has 4 N–H and O–H groups in total. The summed E-state index contributed by atoms with van der Waals surface area (Å²) in [5, 5.41) is 0. The molecule has 4 fully saturated rings. The van der Waals surface area contributed by atoms with Gasteiger partial charge in [-0.3, -0.25) is 0 Å². The molecular weight excluding hydrogens is 1090 g/mol. The lowest BCUT2D eigenvalue weighted by Gasteiger charge is -2.32. The van der Waals surface area contributed by atoms with Crippen molar-refractivity contribution in [1.29, 1.82) is 0 Å². The molecule has 408 valence electrons. The molecule has 0 bridgehead atoms. The second-order valence-electron chi connectivity index (χ2n) is 21.7. The lowest BCUT2D eigenvalue weighted by Crippen LogP contribution is -2.41. The van der Waals surface area contributed by atoms with E-state index in [1.807, 2.05) is 64.1 Å². The van der Waals surface area contributed by atoms with Crippen molar-refractivity contribution in [3.63, 3.8) is 0 Å². The molecule has 0 atom stereocenters. The number of piperidine rings is 3. The Morgan fingerprint density at radius 3 is 1.43 bits per heavy atom. The fourth-order valence-electron chi connectivity index (χ4n) is 8.96. The zero-order valence-electron chi connectivity index (χ0n) is 45.8. The van der Waals surface area contributed by atoms with Crippen LogP contribution in [0, 0.1) is 11.6 Å². The molecule has 9 rings (SSSR count). The maximum absolute atomic E-state index is 14.1. The summed E-state index contributed by atoms with van der Waals surface area (Å²) in [6.07, 6.45) is 12.2. The third-order valence-electron chi connectivity index (χ3n) is 14.4. The second kappa shape index (κ2) is 27.2. The van der Waals surface area contributed by atoms with E-state index >= 15 is 0 Å². The number of aromatic nitrogens is 3. The third-order valence-corrected chi connectivity index (χ3v) is 15.6. The maximum atomic E-state index is 14.1. The van der Waals surface area contributed by atoms with E-state index in [1.54, 1.807) is 18.6 Å². The Balaban J connectivity index is 0.000000169. The fourth-order valence-corrected chi connectivity index (χ4v) is 9.73. The number of nitrogen functional groups attached to an aromatic ring is 2. The van der Waals surface area contributed by atoms with E-state index in [2.05, 4.69) is 110 Å². The smallest absolute Gasteiger partial charge is 0.474 e. The van der Waals surface area contributed by atoms with Crippen LogP contribution in [0.1, 0.15) is 117 Å². The van der Waals surface area contributed by atoms with Crippen molar-refractivity contribution >= 4 is 55.8 Å². The molecule has 75 heavy (non-hydrogen) atoms. The molecule has 7 heterocycles. The first kappa shape index (κ1) is 59.8. The minimum absolute atomic E-state index is 0.159. The van der Waals surface area contributed by atoms with Crippen molar-refractivity contribution in [2.24, 2.45) is 0 Å². The van der Waals surface area contributed by atoms with E-state index in [0.29, 0.717) is 39.3 Å². The minimum atomic E-state index is -0.372. The predicted molar refractivity (Wildman–Crippen MR) is 306 cm³/mol. The van der Waals surface area contributed by atoms with Gasteiger partial charge in [0.15, 0.2) is 0 Å². The molecule has 4 aliphatic rings. The Hall–Kier alpha value is -4.43. The molecule has 2 aromatic carbocycles. The summed E-state index contributed by atoms with van der Waals surface area (Å²) in [6, 6.07) is 17.2. The zero-order valence-corrected chi connectivity index (χ0v) is 49.0. The minimum Gasteiger partial charge on any atom is -0.474 e. The van der Waals surface area contributed by atoms with Gasteiger partial charge in [0.05, 0.1) is 11.2 Å². The molecule has 0 aliphatic carbocycles. The number of hydrogen-bond acceptors (Lipinski definition) is 13. The van der Waals surface area contributed by atoms with Crippen molar-refractivity contribution < 1.29 is 32.3 Å². The van der Waals surface area contributed by atoms with Gasteiger partial charge in [-0.25, -0.2) is 23.7 Å². The normalized spacial score (nSPS) is 18.6. The lowest BCUT2D eigenvalue weighted by molar-refractivity contribution is 0.00578. The molecule has 0 spiro atoms. The fraction of sp³-hybridized carbons (Fsp3) is 0.526. The third kappa shape index (κ3) is 17.5. The zero-order chi connectivity index (χ0) is 54.6. The van der Waals surface area contributed by atoms with Gasteiger partial charge < -0.3 is 49.7 Å². The maximum Gasteiger partial charge on any atom is 0.495 e. The molecule has 0 radical (unpaired) electrons. The molecule has 4 aliphatic heterocycles. The van der Waals surface area contributed by atoms with E-state index < -0.39 is 0 Å². The van der Waals surface area contributed by atoms with E-state index in [-0.39, 0.29) is 54.0 Å². The number of anilines is 2. The van der Waals surface area contributed by atoms with Crippen LogP contribution in [0.4, 0.5) is 20.2 Å². The first-order valence-electron chi connectivity index (χ1n) is 26.2. The number of hydrogen-bond donors (Lipinski definition) is 2. The molecule has 13 nitrogen and oxygen atoms in total. The Kier molecular flexibility index (Phi) is 21.7. The second-order valence-corrected chi connectivity index (χ2v) is 23.5. The highest BCUT2D eigenvalue weighted by atomic mass is 79.9. The summed E-state index contributed by atoms with van der Waals surface area (Å²) in [4.78, 5) is 19.8. The SMILES string of the molecule is CC(C)c1cc(F)cc(-c2ccnc(OC3CCN(C)CC3)c2)c1N.CC(C)c1cc(F)cc(Br)c1N.CN1CCC(Oc2cc(B3OC(C)(C)C(C)(C)O3)ccn2)CC1.CN1CCC(Oc2cc(Br)ccn2)CC1. The lowest BCUT2D eigenvalue weighted by atomic mass is 9.80. The van der Waals surface area contributed by atoms with Gasteiger partial charge in [-0.2, -0.15) is 0 Å². The van der Waals surface area contributed by atoms with E-state index in [0.717, 1.165) is 110 Å². The number of likely N-dealkylation sites (tertiary alicyclic amines) is 3. The molecule has 4 saturated heterocycles. The molecule has 3 aromatic heterocycles. The molecule has 18 heteroatoms. The summed E-state index contributed by atoms with van der Waals surface area (Å²) < 4.78 is 58.7. The first-order valence-corrected chi connectivity index (χ1v) is 27.8. The van der Waals surface area contributed by atoms with Crippen LogP contribution in [-0.2, 0) is 9.31 Å². The van der Waals surface area contributed by atoms with Crippen LogP contribution in [0.2, 0.25) is 0 Å². The summed E-state index contributed by atoms with van der Waals surface area (Å²) >= 11 is 6.61. The van der Waals surface area contributed by atoms with Crippen molar-refractivity contribution in [2.75, 3.05) is 71.9 Å². The average molecular weight is 1160 g/mol. The van der Waals surface area contributed by atoms with Crippen LogP contribution in [0.5, 0.6) is 17.6 Å². The van der Waals surface area contributed by atoms with Crippen LogP contribution >= 0.6 is 31.9 Å². The van der Waals surface area contributed by atoms with Gasteiger partial charge >= 0.3 is 7.12 Å². The highest BCUT2D eigenvalue weighted by Gasteiger charge is 2.51. The summed E-state index contributed by atoms with van der Waals surface area (Å²) in [5.41, 5.74) is 16.8. The number of ether oxygens (including phenoxy) is 3. The van der Waals surface area contributed by atoms with Gasteiger partial charge in [-0.15, -0.1) is 0 Å². The van der Waals surface area contributed by atoms with Crippen molar-refractivity contribution in [3.8, 4) is 28.8 Å². The Labute approximate surface area is 462 Å². The van der Waals surface area contributed by atoms with E-state index in [4.69, 9.17) is 35.0 Å². The van der Waals surface area contributed by atoms with Crippen molar-refractivity contribution in [3.05, 3.63) is 111 Å². The van der Waals surface area contributed by atoms with E-state index in [1.165, 1.54) is 24.3 Å². The first-order chi connectivity index (χ1) is 35.5. The molecule has 0 unspecified atom stereocenters. The highest BCUT2D eigenvalue weighted by Crippen LogP contribution is 2.38. The summed E-state index contributed by atoms with van der Waals surface area (Å²) in [7, 11) is 6.04. The molecule has 0 saturated carbocycles. The van der Waals surface area contributed by atoms with Gasteiger partial charge in [-0.05, 0) is 180 Å². The Morgan fingerprint density at radius 1 is 0.573 bits per heavy atom. The number of nitrogens with two attached hydrogens (primary N) is 2. The van der Waals surface area contributed by atoms with Gasteiger partial charge in [0, 0.05) is 102 Å². The number of benzene rings is 2. The number of rotatable bonds is 10. The highest BCUT2D eigenvalue weighted by molar-refractivity contribution is 9.10. The molecule has 0 amide bonds. The van der Waals surface area contributed by atoms with E-state index in [9.17, 15) is 8.78 Å². The van der Waals surface area contributed by atoms with Crippen LogP contribution < -0.4 is 31.1 Å². The van der Waals surface area contributed by atoms with Crippen molar-refractivity contribution in [2.45, 2.75) is 135 Å².